The Kier molecular flexibility index (Phi) is 5.28. The van der Waals surface area contributed by atoms with Crippen LogP contribution in [0.1, 0.15) is 36.1 Å². The van der Waals surface area contributed by atoms with E-state index >= 15 is 0 Å². The van der Waals surface area contributed by atoms with Crippen molar-refractivity contribution in [3.63, 3.8) is 0 Å². The number of hydrogen-bond acceptors (Lipinski definition) is 4. The second kappa shape index (κ2) is 7.18. The monoisotopic (exact) mass is 285 g/mol. The second-order valence-corrected chi connectivity index (χ2v) is 5.31. The fourth-order valence-electron chi connectivity index (χ4n) is 2.22. The predicted octanol–water partition coefficient (Wildman–Crippen LogP) is 2.66. The normalized spacial score (nSPS) is 12.2. The lowest BCUT2D eigenvalue weighted by Gasteiger charge is -2.10. The van der Waals surface area contributed by atoms with E-state index in [9.17, 15) is 0 Å². The Bertz CT molecular complexity index is 581. The van der Waals surface area contributed by atoms with E-state index in [2.05, 4.69) is 16.9 Å². The van der Waals surface area contributed by atoms with Crippen molar-refractivity contribution in [1.82, 2.24) is 9.97 Å². The van der Waals surface area contributed by atoms with Crippen LogP contribution in [-0.2, 0) is 12.8 Å². The number of aromatic nitrogens is 2. The van der Waals surface area contributed by atoms with Gasteiger partial charge in [-0.05, 0) is 37.1 Å². The number of methoxy groups -OCH3 is 1. The van der Waals surface area contributed by atoms with Gasteiger partial charge in [0, 0.05) is 30.3 Å². The fourth-order valence-corrected chi connectivity index (χ4v) is 2.22. The standard InChI is InChI=1S/C17H23N3O/c1-4-14(18)11-15-9-12(2)19-17(20-15)10-13-5-7-16(21-3)8-6-13/h5-9,14H,4,10-11,18H2,1-3H3. The SMILES string of the molecule is CCC(N)Cc1cc(C)nc(Cc2ccc(OC)cc2)n1. The van der Waals surface area contributed by atoms with Crippen LogP contribution >= 0.6 is 0 Å². The summed E-state index contributed by atoms with van der Waals surface area (Å²) in [6.45, 7) is 4.09. The number of aryl methyl sites for hydroxylation is 1. The van der Waals surface area contributed by atoms with E-state index in [1.165, 1.54) is 5.56 Å². The highest BCUT2D eigenvalue weighted by atomic mass is 16.5. The highest BCUT2D eigenvalue weighted by Crippen LogP contribution is 2.14. The third kappa shape index (κ3) is 4.53. The van der Waals surface area contributed by atoms with Crippen LogP contribution in [0, 0.1) is 6.92 Å². The van der Waals surface area contributed by atoms with Crippen LogP contribution in [0.5, 0.6) is 5.75 Å². The lowest BCUT2D eigenvalue weighted by atomic mass is 10.1. The number of nitrogens with zero attached hydrogens (tertiary/aromatic N) is 2. The molecular weight excluding hydrogens is 262 g/mol. The van der Waals surface area contributed by atoms with Crippen LogP contribution in [0.15, 0.2) is 30.3 Å². The third-order valence-corrected chi connectivity index (χ3v) is 3.47. The summed E-state index contributed by atoms with van der Waals surface area (Å²) in [5.74, 6) is 1.71. The average Bonchev–Trinajstić information content (AvgIpc) is 2.47. The van der Waals surface area contributed by atoms with Gasteiger partial charge in [-0.15, -0.1) is 0 Å². The van der Waals surface area contributed by atoms with Gasteiger partial charge in [0.15, 0.2) is 0 Å². The van der Waals surface area contributed by atoms with Gasteiger partial charge in [0.1, 0.15) is 11.6 Å². The van der Waals surface area contributed by atoms with Gasteiger partial charge in [-0.25, -0.2) is 9.97 Å². The molecule has 0 radical (unpaired) electrons. The van der Waals surface area contributed by atoms with Crippen LogP contribution in [-0.4, -0.2) is 23.1 Å². The smallest absolute Gasteiger partial charge is 0.133 e. The first kappa shape index (κ1) is 15.4. The highest BCUT2D eigenvalue weighted by molar-refractivity contribution is 5.29. The van der Waals surface area contributed by atoms with Crippen molar-refractivity contribution < 1.29 is 4.74 Å². The molecule has 1 aromatic carbocycles. The van der Waals surface area contributed by atoms with E-state index in [4.69, 9.17) is 10.5 Å². The van der Waals surface area contributed by atoms with Crippen molar-refractivity contribution in [1.29, 1.82) is 0 Å². The van der Waals surface area contributed by atoms with E-state index in [1.807, 2.05) is 37.3 Å². The Labute approximate surface area is 126 Å². The molecule has 4 nitrogen and oxygen atoms in total. The summed E-state index contributed by atoms with van der Waals surface area (Å²) < 4.78 is 5.17. The molecule has 0 amide bonds. The molecule has 0 spiro atoms. The maximum absolute atomic E-state index is 6.02. The molecule has 21 heavy (non-hydrogen) atoms. The molecule has 0 fully saturated rings. The first-order chi connectivity index (χ1) is 10.1. The first-order valence-electron chi connectivity index (χ1n) is 7.32. The average molecular weight is 285 g/mol. The molecule has 0 saturated carbocycles. The molecule has 1 heterocycles. The van der Waals surface area contributed by atoms with Gasteiger partial charge in [0.05, 0.1) is 7.11 Å². The van der Waals surface area contributed by atoms with Crippen molar-refractivity contribution in [2.24, 2.45) is 5.73 Å². The van der Waals surface area contributed by atoms with Crippen LogP contribution in [0.25, 0.3) is 0 Å². The molecule has 112 valence electrons. The molecule has 2 aromatic rings. The number of hydrogen-bond donors (Lipinski definition) is 1. The zero-order valence-electron chi connectivity index (χ0n) is 13.0. The van der Waals surface area contributed by atoms with Crippen molar-refractivity contribution in [2.75, 3.05) is 7.11 Å². The van der Waals surface area contributed by atoms with Gasteiger partial charge >= 0.3 is 0 Å². The van der Waals surface area contributed by atoms with Gasteiger partial charge in [-0.1, -0.05) is 19.1 Å². The minimum atomic E-state index is 0.160. The third-order valence-electron chi connectivity index (χ3n) is 3.47. The first-order valence-corrected chi connectivity index (χ1v) is 7.32. The van der Waals surface area contributed by atoms with Crippen LogP contribution in [0.2, 0.25) is 0 Å². The van der Waals surface area contributed by atoms with Gasteiger partial charge < -0.3 is 10.5 Å². The zero-order chi connectivity index (χ0) is 15.2. The van der Waals surface area contributed by atoms with Gasteiger partial charge in [0.25, 0.3) is 0 Å². The van der Waals surface area contributed by atoms with E-state index < -0.39 is 0 Å². The Hall–Kier alpha value is -1.94. The Balaban J connectivity index is 2.14. The molecule has 2 rings (SSSR count). The summed E-state index contributed by atoms with van der Waals surface area (Å²) in [5.41, 5.74) is 9.21. The summed E-state index contributed by atoms with van der Waals surface area (Å²) in [4.78, 5) is 9.16. The summed E-state index contributed by atoms with van der Waals surface area (Å²) in [7, 11) is 1.67. The van der Waals surface area contributed by atoms with E-state index in [-0.39, 0.29) is 6.04 Å². The van der Waals surface area contributed by atoms with E-state index in [0.717, 1.165) is 42.2 Å². The van der Waals surface area contributed by atoms with Crippen molar-refractivity contribution >= 4 is 0 Å². The Morgan fingerprint density at radius 1 is 1.19 bits per heavy atom. The van der Waals surface area contributed by atoms with Gasteiger partial charge in [0.2, 0.25) is 0 Å². The summed E-state index contributed by atoms with van der Waals surface area (Å²) in [5, 5.41) is 0. The van der Waals surface area contributed by atoms with Crippen molar-refractivity contribution in [2.45, 2.75) is 39.2 Å². The second-order valence-electron chi connectivity index (χ2n) is 5.31. The summed E-state index contributed by atoms with van der Waals surface area (Å²) in [6.07, 6.45) is 2.48. The maximum Gasteiger partial charge on any atom is 0.133 e. The van der Waals surface area contributed by atoms with Crippen LogP contribution in [0.4, 0.5) is 0 Å². The van der Waals surface area contributed by atoms with Gasteiger partial charge in [-0.2, -0.15) is 0 Å². The predicted molar refractivity (Wildman–Crippen MR) is 84.5 cm³/mol. The molecule has 0 aliphatic heterocycles. The van der Waals surface area contributed by atoms with E-state index in [0.29, 0.717) is 0 Å². The molecule has 1 aromatic heterocycles. The van der Waals surface area contributed by atoms with Crippen LogP contribution < -0.4 is 10.5 Å². The minimum Gasteiger partial charge on any atom is -0.497 e. The molecule has 2 N–H and O–H groups in total. The fraction of sp³-hybridized carbons (Fsp3) is 0.412. The summed E-state index contributed by atoms with van der Waals surface area (Å²) >= 11 is 0. The summed E-state index contributed by atoms with van der Waals surface area (Å²) in [6, 6.07) is 10.2. The Morgan fingerprint density at radius 2 is 1.90 bits per heavy atom. The number of rotatable bonds is 6. The quantitative estimate of drug-likeness (QED) is 0.886. The number of benzene rings is 1. The molecule has 4 heteroatoms. The molecule has 0 bridgehead atoms. The molecular formula is C17H23N3O. The lowest BCUT2D eigenvalue weighted by Crippen LogP contribution is -2.22. The van der Waals surface area contributed by atoms with E-state index in [1.54, 1.807) is 7.11 Å². The highest BCUT2D eigenvalue weighted by Gasteiger charge is 2.07. The van der Waals surface area contributed by atoms with Crippen LogP contribution in [0.3, 0.4) is 0 Å². The Morgan fingerprint density at radius 3 is 2.52 bits per heavy atom. The lowest BCUT2D eigenvalue weighted by molar-refractivity contribution is 0.414. The molecule has 1 unspecified atom stereocenters. The minimum absolute atomic E-state index is 0.160. The van der Waals surface area contributed by atoms with Crippen molar-refractivity contribution in [3.05, 3.63) is 53.1 Å². The molecule has 0 aliphatic carbocycles. The van der Waals surface area contributed by atoms with Crippen molar-refractivity contribution in [3.8, 4) is 5.75 Å². The largest absolute Gasteiger partial charge is 0.497 e. The molecule has 0 saturated heterocycles. The van der Waals surface area contributed by atoms with Gasteiger partial charge in [-0.3, -0.25) is 0 Å². The number of ether oxygens (including phenoxy) is 1. The number of nitrogens with two attached hydrogens (primary N) is 1. The maximum atomic E-state index is 6.02. The topological polar surface area (TPSA) is 61.0 Å². The molecule has 1 atom stereocenters. The zero-order valence-corrected chi connectivity index (χ0v) is 13.0. The molecule has 0 aliphatic rings.